The van der Waals surface area contributed by atoms with E-state index in [9.17, 15) is 0 Å². The van der Waals surface area contributed by atoms with E-state index in [1.807, 2.05) is 13.8 Å². The van der Waals surface area contributed by atoms with Crippen LogP contribution in [0.4, 0.5) is 0 Å². The van der Waals surface area contributed by atoms with Gasteiger partial charge in [0.25, 0.3) is 0 Å². The number of aromatic nitrogens is 4. The van der Waals surface area contributed by atoms with E-state index in [1.54, 1.807) is 0 Å². The lowest BCUT2D eigenvalue weighted by Crippen LogP contribution is -2.06. The number of rotatable bonds is 2. The number of ether oxygens (including phenoxy) is 1. The van der Waals surface area contributed by atoms with Crippen molar-refractivity contribution >= 4 is 0 Å². The molecule has 1 N–H and O–H groups in total. The molecule has 0 radical (unpaired) electrons. The fraction of sp³-hybridized carbons (Fsp3) is 0.750. The molecule has 0 amide bonds. The van der Waals surface area contributed by atoms with Crippen molar-refractivity contribution in [2.75, 3.05) is 0 Å². The Morgan fingerprint density at radius 3 is 2.78 bits per heavy atom. The predicted molar refractivity (Wildman–Crippen MR) is 29.9 cm³/mol. The first-order chi connectivity index (χ1) is 4.29. The van der Waals surface area contributed by atoms with E-state index in [1.165, 1.54) is 0 Å². The zero-order valence-corrected chi connectivity index (χ0v) is 5.33. The highest BCUT2D eigenvalue weighted by Gasteiger charge is 1.99. The van der Waals surface area contributed by atoms with Crippen molar-refractivity contribution < 1.29 is 4.74 Å². The summed E-state index contributed by atoms with van der Waals surface area (Å²) in [5.74, 6) is 0. The van der Waals surface area contributed by atoms with Crippen LogP contribution in [0.5, 0.6) is 6.01 Å². The van der Waals surface area contributed by atoms with Crippen LogP contribution in [0.2, 0.25) is 0 Å². The second kappa shape index (κ2) is 2.43. The maximum atomic E-state index is 5.04. The summed E-state index contributed by atoms with van der Waals surface area (Å²) in [4.78, 5) is 0. The summed E-state index contributed by atoms with van der Waals surface area (Å²) in [6.45, 7) is 3.80. The van der Waals surface area contributed by atoms with Gasteiger partial charge >= 0.3 is 6.01 Å². The zero-order valence-electron chi connectivity index (χ0n) is 5.33. The van der Waals surface area contributed by atoms with Crippen molar-refractivity contribution in [1.29, 1.82) is 0 Å². The van der Waals surface area contributed by atoms with Gasteiger partial charge in [-0.05, 0) is 19.1 Å². The van der Waals surface area contributed by atoms with Crippen molar-refractivity contribution in [1.82, 2.24) is 20.6 Å². The molecular formula is C4H8N4O. The van der Waals surface area contributed by atoms with Crippen LogP contribution in [0.1, 0.15) is 13.8 Å². The van der Waals surface area contributed by atoms with Gasteiger partial charge in [-0.1, -0.05) is 10.2 Å². The lowest BCUT2D eigenvalue weighted by Gasteiger charge is -2.01. The molecule has 1 aromatic heterocycles. The van der Waals surface area contributed by atoms with Crippen LogP contribution in [0.25, 0.3) is 0 Å². The quantitative estimate of drug-likeness (QED) is 0.608. The van der Waals surface area contributed by atoms with Crippen LogP contribution in [0.15, 0.2) is 0 Å². The number of hydrogen-bond acceptors (Lipinski definition) is 4. The molecule has 50 valence electrons. The van der Waals surface area contributed by atoms with Gasteiger partial charge in [0.2, 0.25) is 0 Å². The first kappa shape index (κ1) is 6.00. The SMILES string of the molecule is CC(C)Oc1nn[nH]n1. The molecule has 0 aliphatic heterocycles. The lowest BCUT2D eigenvalue weighted by atomic mass is 10.5. The number of H-pyrrole nitrogens is 1. The molecule has 0 bridgehead atoms. The van der Waals surface area contributed by atoms with Crippen molar-refractivity contribution in [2.45, 2.75) is 20.0 Å². The van der Waals surface area contributed by atoms with E-state index in [0.29, 0.717) is 6.01 Å². The third-order valence-electron chi connectivity index (χ3n) is 0.667. The van der Waals surface area contributed by atoms with E-state index >= 15 is 0 Å². The molecule has 1 aromatic rings. The normalized spacial score (nSPS) is 10.1. The van der Waals surface area contributed by atoms with Crippen molar-refractivity contribution in [2.24, 2.45) is 0 Å². The molecule has 0 aliphatic rings. The predicted octanol–water partition coefficient (Wildman–Crippen LogP) is -0.0131. The molecule has 5 nitrogen and oxygen atoms in total. The summed E-state index contributed by atoms with van der Waals surface area (Å²) in [6.07, 6.45) is 0.0996. The van der Waals surface area contributed by atoms with E-state index < -0.39 is 0 Å². The Labute approximate surface area is 52.4 Å². The Morgan fingerprint density at radius 1 is 1.56 bits per heavy atom. The first-order valence-corrected chi connectivity index (χ1v) is 2.69. The van der Waals surface area contributed by atoms with E-state index in [2.05, 4.69) is 20.6 Å². The Morgan fingerprint density at radius 2 is 2.33 bits per heavy atom. The first-order valence-electron chi connectivity index (χ1n) is 2.69. The summed E-state index contributed by atoms with van der Waals surface area (Å²) < 4.78 is 5.04. The number of hydrogen-bond donors (Lipinski definition) is 1. The summed E-state index contributed by atoms with van der Waals surface area (Å²) in [7, 11) is 0. The lowest BCUT2D eigenvalue weighted by molar-refractivity contribution is 0.222. The summed E-state index contributed by atoms with van der Waals surface area (Å²) in [6, 6.07) is 0.296. The zero-order chi connectivity index (χ0) is 6.69. The average molecular weight is 128 g/mol. The molecule has 0 fully saturated rings. The van der Waals surface area contributed by atoms with Gasteiger partial charge in [-0.25, -0.2) is 0 Å². The third kappa shape index (κ3) is 1.67. The smallest absolute Gasteiger partial charge is 0.356 e. The maximum Gasteiger partial charge on any atom is 0.356 e. The summed E-state index contributed by atoms with van der Waals surface area (Å²) >= 11 is 0. The van der Waals surface area contributed by atoms with E-state index in [4.69, 9.17) is 4.74 Å². The van der Waals surface area contributed by atoms with Gasteiger partial charge in [-0.2, -0.15) is 5.21 Å². The Balaban J connectivity index is 2.48. The van der Waals surface area contributed by atoms with Gasteiger partial charge in [0.05, 0.1) is 6.10 Å². The van der Waals surface area contributed by atoms with E-state index in [-0.39, 0.29) is 6.10 Å². The van der Waals surface area contributed by atoms with Crippen molar-refractivity contribution in [3.63, 3.8) is 0 Å². The maximum absolute atomic E-state index is 5.04. The van der Waals surface area contributed by atoms with Gasteiger partial charge < -0.3 is 4.74 Å². The number of nitrogens with zero attached hydrogens (tertiary/aromatic N) is 3. The van der Waals surface area contributed by atoms with Crippen LogP contribution >= 0.6 is 0 Å². The minimum atomic E-state index is 0.0996. The highest BCUT2D eigenvalue weighted by Crippen LogP contribution is 1.97. The fourth-order valence-corrected chi connectivity index (χ4v) is 0.413. The largest absolute Gasteiger partial charge is 0.459 e. The summed E-state index contributed by atoms with van der Waals surface area (Å²) in [5, 5.41) is 12.8. The van der Waals surface area contributed by atoms with E-state index in [0.717, 1.165) is 0 Å². The molecule has 0 atom stereocenters. The average Bonchev–Trinajstić information content (AvgIpc) is 2.15. The van der Waals surface area contributed by atoms with Crippen LogP contribution < -0.4 is 4.74 Å². The molecule has 0 unspecified atom stereocenters. The van der Waals surface area contributed by atoms with Gasteiger partial charge in [0, 0.05) is 0 Å². The standard InChI is InChI=1S/C4H8N4O/c1-3(2)9-4-5-7-8-6-4/h3H,1-2H3,(H,5,6,7,8). The molecule has 0 saturated carbocycles. The van der Waals surface area contributed by atoms with Crippen molar-refractivity contribution in [3.8, 4) is 6.01 Å². The van der Waals surface area contributed by atoms with Crippen LogP contribution in [0.3, 0.4) is 0 Å². The molecule has 0 aliphatic carbocycles. The Kier molecular flexibility index (Phi) is 1.62. The van der Waals surface area contributed by atoms with Gasteiger partial charge in [0.15, 0.2) is 0 Å². The molecule has 1 heterocycles. The van der Waals surface area contributed by atoms with Gasteiger partial charge in [0.1, 0.15) is 0 Å². The number of aromatic amines is 1. The fourth-order valence-electron chi connectivity index (χ4n) is 0.413. The number of nitrogens with one attached hydrogen (secondary N) is 1. The topological polar surface area (TPSA) is 63.7 Å². The third-order valence-corrected chi connectivity index (χ3v) is 0.667. The Hall–Kier alpha value is -1.13. The highest BCUT2D eigenvalue weighted by atomic mass is 16.5. The van der Waals surface area contributed by atoms with Crippen LogP contribution in [-0.2, 0) is 0 Å². The summed E-state index contributed by atoms with van der Waals surface area (Å²) in [5.41, 5.74) is 0. The van der Waals surface area contributed by atoms with Crippen LogP contribution in [0, 0.1) is 0 Å². The van der Waals surface area contributed by atoms with Crippen LogP contribution in [-0.4, -0.2) is 26.7 Å². The second-order valence-corrected chi connectivity index (χ2v) is 1.86. The molecule has 0 saturated heterocycles. The number of tetrazole rings is 1. The minimum absolute atomic E-state index is 0.0996. The monoisotopic (exact) mass is 128 g/mol. The molecule has 5 heteroatoms. The molecule has 0 aromatic carbocycles. The molecule has 0 spiro atoms. The Bertz CT molecular complexity index is 159. The highest BCUT2D eigenvalue weighted by molar-refractivity contribution is 4.81. The van der Waals surface area contributed by atoms with Gasteiger partial charge in [-0.15, -0.1) is 0 Å². The molecule has 1 rings (SSSR count). The second-order valence-electron chi connectivity index (χ2n) is 1.86. The van der Waals surface area contributed by atoms with Gasteiger partial charge in [-0.3, -0.25) is 0 Å². The molecule has 9 heavy (non-hydrogen) atoms. The minimum Gasteiger partial charge on any atom is -0.459 e. The molecular weight excluding hydrogens is 120 g/mol. The van der Waals surface area contributed by atoms with Crippen molar-refractivity contribution in [3.05, 3.63) is 0 Å².